The number of amides is 5. The summed E-state index contributed by atoms with van der Waals surface area (Å²) in [6.45, 7) is 4.27. The van der Waals surface area contributed by atoms with Gasteiger partial charge in [0.25, 0.3) is 5.91 Å². The van der Waals surface area contributed by atoms with Gasteiger partial charge in [0.05, 0.1) is 6.04 Å². The summed E-state index contributed by atoms with van der Waals surface area (Å²) in [6.07, 6.45) is -3.73. The van der Waals surface area contributed by atoms with E-state index in [1.807, 2.05) is 13.8 Å². The van der Waals surface area contributed by atoms with Crippen LogP contribution in [0.4, 0.5) is 13.2 Å². The number of nitrogens with one attached hydrogen (secondary N) is 4. The monoisotopic (exact) mass is 619 g/mol. The maximum atomic E-state index is 13.9. The fourth-order valence-electron chi connectivity index (χ4n) is 6.59. The third-order valence-corrected chi connectivity index (χ3v) is 9.36. The molecule has 6 atom stereocenters. The standard InChI is InChI=1S/C30H36F3N5O6/c1-29(2)18-14-38(27(43)20(37-28(44)30(31,32)33)12-15-6-4-3-5-7-15)22(21(18)29)25(41)36-19(13-16-10-11-34-24(16)40)23(39)26(42)35-17-8-9-17/h3-7,16-22H,8-14H2,1-2H3,(H,34,40)(H,35,42)(H,36,41)(H,37,44)/t16-,18-,19-,20-,21-,22-/m0/s1. The number of carbonyl (C=O) groups is 6. The molecule has 44 heavy (non-hydrogen) atoms. The van der Waals surface area contributed by atoms with Gasteiger partial charge in [0.2, 0.25) is 23.5 Å². The molecule has 4 N–H and O–H groups in total. The summed E-state index contributed by atoms with van der Waals surface area (Å²) < 4.78 is 39.7. The maximum absolute atomic E-state index is 13.9. The van der Waals surface area contributed by atoms with E-state index in [4.69, 9.17) is 0 Å². The number of ketones is 1. The zero-order valence-corrected chi connectivity index (χ0v) is 24.4. The molecule has 4 fully saturated rings. The van der Waals surface area contributed by atoms with Crippen LogP contribution in [0.5, 0.6) is 0 Å². The largest absolute Gasteiger partial charge is 0.471 e. The van der Waals surface area contributed by atoms with Crippen molar-refractivity contribution in [3.63, 3.8) is 0 Å². The van der Waals surface area contributed by atoms with E-state index in [1.165, 1.54) is 4.90 Å². The van der Waals surface area contributed by atoms with Crippen LogP contribution in [0.1, 0.15) is 45.1 Å². The average molecular weight is 620 g/mol. The van der Waals surface area contributed by atoms with Crippen LogP contribution in [-0.2, 0) is 35.2 Å². The highest BCUT2D eigenvalue weighted by Gasteiger charge is 2.69. The first kappa shape index (κ1) is 31.5. The molecule has 0 aromatic heterocycles. The lowest BCUT2D eigenvalue weighted by Crippen LogP contribution is -2.59. The molecular formula is C30H36F3N5O6. The van der Waals surface area contributed by atoms with Gasteiger partial charge in [0, 0.05) is 31.5 Å². The molecule has 5 rings (SSSR count). The van der Waals surface area contributed by atoms with Crippen LogP contribution in [0, 0.1) is 23.2 Å². The number of fused-ring (bicyclic) bond motifs is 1. The SMILES string of the molecule is CC1(C)[C@@H]2[C@@H](C(=O)N[C@@H](C[C@@H]3CCNC3=O)C(=O)C(=O)NC3CC3)N(C(=O)[C@H](Cc3ccccc3)NC(=O)C(F)(F)F)C[C@@H]21. The van der Waals surface area contributed by atoms with Crippen molar-refractivity contribution in [1.29, 1.82) is 0 Å². The molecule has 238 valence electrons. The number of hydrogen-bond donors (Lipinski definition) is 4. The summed E-state index contributed by atoms with van der Waals surface area (Å²) in [4.78, 5) is 79.1. The highest BCUT2D eigenvalue weighted by molar-refractivity contribution is 6.38. The number of benzene rings is 1. The summed E-state index contributed by atoms with van der Waals surface area (Å²) >= 11 is 0. The molecule has 5 amide bonds. The number of halogens is 3. The Hall–Kier alpha value is -3.97. The minimum Gasteiger partial charge on any atom is -0.356 e. The smallest absolute Gasteiger partial charge is 0.356 e. The first-order chi connectivity index (χ1) is 20.7. The zero-order chi connectivity index (χ0) is 32.0. The van der Waals surface area contributed by atoms with Crippen LogP contribution in [-0.4, -0.2) is 83.7 Å². The lowest BCUT2D eigenvalue weighted by atomic mass is 9.94. The summed E-state index contributed by atoms with van der Waals surface area (Å²) in [7, 11) is 0. The van der Waals surface area contributed by atoms with Gasteiger partial charge < -0.3 is 26.2 Å². The first-order valence-corrected chi connectivity index (χ1v) is 14.8. The molecule has 0 radical (unpaired) electrons. The number of alkyl halides is 3. The number of piperidine rings is 1. The third kappa shape index (κ3) is 6.58. The van der Waals surface area contributed by atoms with E-state index < -0.39 is 59.6 Å². The molecule has 14 heteroatoms. The van der Waals surface area contributed by atoms with Crippen LogP contribution < -0.4 is 21.3 Å². The molecule has 2 saturated heterocycles. The minimum atomic E-state index is -5.23. The first-order valence-electron chi connectivity index (χ1n) is 14.8. The van der Waals surface area contributed by atoms with Crippen LogP contribution >= 0.6 is 0 Å². The van der Waals surface area contributed by atoms with E-state index in [-0.39, 0.29) is 48.6 Å². The maximum Gasteiger partial charge on any atom is 0.471 e. The van der Waals surface area contributed by atoms with Gasteiger partial charge >= 0.3 is 12.1 Å². The van der Waals surface area contributed by atoms with Crippen LogP contribution in [0.25, 0.3) is 0 Å². The number of nitrogens with zero attached hydrogens (tertiary/aromatic N) is 1. The van der Waals surface area contributed by atoms with Gasteiger partial charge in [0.1, 0.15) is 12.1 Å². The van der Waals surface area contributed by atoms with Crippen molar-refractivity contribution in [2.75, 3.05) is 13.1 Å². The molecule has 2 heterocycles. The highest BCUT2D eigenvalue weighted by Crippen LogP contribution is 2.65. The van der Waals surface area contributed by atoms with Gasteiger partial charge in [-0.05, 0) is 48.5 Å². The van der Waals surface area contributed by atoms with Crippen molar-refractivity contribution < 1.29 is 41.9 Å². The van der Waals surface area contributed by atoms with Crippen molar-refractivity contribution in [3.8, 4) is 0 Å². The van der Waals surface area contributed by atoms with Crippen molar-refractivity contribution >= 4 is 35.3 Å². The Bertz CT molecular complexity index is 1350. The lowest BCUT2D eigenvalue weighted by Gasteiger charge is -2.34. The number of hydrogen-bond acceptors (Lipinski definition) is 6. The van der Waals surface area contributed by atoms with Crippen LogP contribution in [0.3, 0.4) is 0 Å². The number of carbonyl (C=O) groups excluding carboxylic acids is 6. The predicted molar refractivity (Wildman–Crippen MR) is 148 cm³/mol. The van der Waals surface area contributed by atoms with Gasteiger partial charge in [0.15, 0.2) is 0 Å². The van der Waals surface area contributed by atoms with Gasteiger partial charge in [-0.3, -0.25) is 28.8 Å². The van der Waals surface area contributed by atoms with E-state index in [9.17, 15) is 41.9 Å². The van der Waals surface area contributed by atoms with E-state index in [1.54, 1.807) is 35.6 Å². The molecule has 1 aromatic rings. The van der Waals surface area contributed by atoms with E-state index in [0.717, 1.165) is 12.8 Å². The minimum absolute atomic E-state index is 0.0631. The molecule has 0 spiro atoms. The lowest BCUT2D eigenvalue weighted by molar-refractivity contribution is -0.175. The number of Topliss-reactive ketones (excluding diaryl/α,β-unsaturated/α-hetero) is 1. The summed E-state index contributed by atoms with van der Waals surface area (Å²) in [5, 5.41) is 9.70. The molecule has 0 bridgehead atoms. The van der Waals surface area contributed by atoms with E-state index >= 15 is 0 Å². The third-order valence-electron chi connectivity index (χ3n) is 9.36. The highest BCUT2D eigenvalue weighted by atomic mass is 19.4. The van der Waals surface area contributed by atoms with Crippen molar-refractivity contribution in [3.05, 3.63) is 35.9 Å². The summed E-state index contributed by atoms with van der Waals surface area (Å²) in [5.41, 5.74) is 0.123. The fraction of sp³-hybridized carbons (Fsp3) is 0.600. The Morgan fingerprint density at radius 3 is 2.30 bits per heavy atom. The number of rotatable bonds is 11. The van der Waals surface area contributed by atoms with E-state index in [2.05, 4.69) is 16.0 Å². The summed E-state index contributed by atoms with van der Waals surface area (Å²) in [5.74, 6) is -7.10. The molecule has 11 nitrogen and oxygen atoms in total. The normalized spacial score (nSPS) is 26.6. The van der Waals surface area contributed by atoms with Crippen LogP contribution in [0.2, 0.25) is 0 Å². The Labute approximate surface area is 252 Å². The van der Waals surface area contributed by atoms with Crippen molar-refractivity contribution in [1.82, 2.24) is 26.2 Å². The molecule has 0 unspecified atom stereocenters. The van der Waals surface area contributed by atoms with Gasteiger partial charge in [-0.1, -0.05) is 44.2 Å². The second-order valence-electron chi connectivity index (χ2n) is 12.8. The van der Waals surface area contributed by atoms with Gasteiger partial charge in [-0.15, -0.1) is 0 Å². The summed E-state index contributed by atoms with van der Waals surface area (Å²) in [6, 6.07) is 3.95. The van der Waals surface area contributed by atoms with Crippen molar-refractivity contribution in [2.45, 2.75) is 76.3 Å². The Morgan fingerprint density at radius 2 is 1.70 bits per heavy atom. The Kier molecular flexibility index (Phi) is 8.47. The molecular weight excluding hydrogens is 583 g/mol. The topological polar surface area (TPSA) is 154 Å². The quantitative estimate of drug-likeness (QED) is 0.267. The molecule has 2 aliphatic heterocycles. The van der Waals surface area contributed by atoms with Crippen LogP contribution in [0.15, 0.2) is 30.3 Å². The fourth-order valence-corrected chi connectivity index (χ4v) is 6.59. The predicted octanol–water partition coefficient (Wildman–Crippen LogP) is 0.618. The van der Waals surface area contributed by atoms with Crippen molar-refractivity contribution in [2.24, 2.45) is 23.2 Å². The second-order valence-corrected chi connectivity index (χ2v) is 12.8. The molecule has 2 aliphatic carbocycles. The Morgan fingerprint density at radius 1 is 1.02 bits per heavy atom. The molecule has 4 aliphatic rings. The van der Waals surface area contributed by atoms with Gasteiger partial charge in [-0.2, -0.15) is 13.2 Å². The zero-order valence-electron chi connectivity index (χ0n) is 24.4. The molecule has 1 aromatic carbocycles. The Balaban J connectivity index is 1.39. The molecule has 2 saturated carbocycles. The average Bonchev–Trinajstić information content (AvgIpc) is 3.73. The van der Waals surface area contributed by atoms with Gasteiger partial charge in [-0.25, -0.2) is 0 Å². The second kappa shape index (κ2) is 11.8. The van der Waals surface area contributed by atoms with E-state index in [0.29, 0.717) is 18.5 Å². The number of likely N-dealkylation sites (tertiary alicyclic amines) is 1.